The number of carbonyl (C=O) groups excluding carboxylic acids is 1. The summed E-state index contributed by atoms with van der Waals surface area (Å²) in [5.74, 6) is 0. The molecule has 0 fully saturated rings. The van der Waals surface area contributed by atoms with Crippen molar-refractivity contribution in [3.63, 3.8) is 0 Å². The minimum Gasteiger partial charge on any atom is -0.379 e. The first kappa shape index (κ1) is 27.7. The third-order valence-corrected chi connectivity index (χ3v) is 1.78. The number of hydrogen-bond acceptors (Lipinski definition) is 3. The zero-order valence-electron chi connectivity index (χ0n) is 15.2. The largest absolute Gasteiger partial charge is 0.379 e. The molecule has 0 aromatic carbocycles. The fourth-order valence-corrected chi connectivity index (χ4v) is 0.830. The lowest BCUT2D eigenvalue weighted by Gasteiger charge is -2.10. The second-order valence-corrected chi connectivity index (χ2v) is 3.16. The zero-order valence-corrected chi connectivity index (χ0v) is 15.2. The Morgan fingerprint density at radius 1 is 0.850 bits per heavy atom. The minimum absolute atomic E-state index is 0.576. The summed E-state index contributed by atoms with van der Waals surface area (Å²) in [6, 6.07) is 0. The van der Waals surface area contributed by atoms with Gasteiger partial charge in [0.25, 0.3) is 0 Å². The Kier molecular flexibility index (Phi) is 50.2. The van der Waals surface area contributed by atoms with E-state index in [0.717, 1.165) is 25.9 Å². The SMILES string of the molecule is CC.CC.CC.CCCCOCCOCCN(C)C=O. The smallest absolute Gasteiger partial charge is 0.209 e. The van der Waals surface area contributed by atoms with E-state index in [1.165, 1.54) is 0 Å². The molecule has 126 valence electrons. The molecule has 0 radical (unpaired) electrons. The first-order valence-corrected chi connectivity index (χ1v) is 8.12. The highest BCUT2D eigenvalue weighted by Crippen LogP contribution is 1.87. The van der Waals surface area contributed by atoms with Crippen LogP contribution in [0.3, 0.4) is 0 Å². The van der Waals surface area contributed by atoms with Gasteiger partial charge in [0.05, 0.1) is 19.8 Å². The predicted molar refractivity (Wildman–Crippen MR) is 89.3 cm³/mol. The monoisotopic (exact) mass is 293 g/mol. The van der Waals surface area contributed by atoms with Crippen molar-refractivity contribution in [2.45, 2.75) is 61.3 Å². The molecule has 0 bridgehead atoms. The Balaban J connectivity index is -0.000000187. The fraction of sp³-hybridized carbons (Fsp3) is 0.938. The van der Waals surface area contributed by atoms with Crippen LogP contribution in [-0.2, 0) is 14.3 Å². The highest BCUT2D eigenvalue weighted by atomic mass is 16.5. The van der Waals surface area contributed by atoms with Crippen LogP contribution in [0.4, 0.5) is 0 Å². The third kappa shape index (κ3) is 36.0. The molecule has 0 heterocycles. The fourth-order valence-electron chi connectivity index (χ4n) is 0.830. The molecule has 0 saturated heterocycles. The first-order chi connectivity index (χ1) is 9.81. The van der Waals surface area contributed by atoms with Crippen LogP contribution in [0, 0.1) is 0 Å². The van der Waals surface area contributed by atoms with Crippen molar-refractivity contribution in [1.82, 2.24) is 4.90 Å². The van der Waals surface area contributed by atoms with Crippen LogP contribution in [0.15, 0.2) is 0 Å². The normalized spacial score (nSPS) is 8.00. The van der Waals surface area contributed by atoms with Crippen molar-refractivity contribution >= 4 is 6.41 Å². The maximum Gasteiger partial charge on any atom is 0.209 e. The number of nitrogens with zero attached hydrogens (tertiary/aromatic N) is 1. The molecular weight excluding hydrogens is 254 g/mol. The van der Waals surface area contributed by atoms with Crippen molar-refractivity contribution in [3.05, 3.63) is 0 Å². The zero-order chi connectivity index (χ0) is 16.6. The first-order valence-electron chi connectivity index (χ1n) is 8.12. The van der Waals surface area contributed by atoms with Gasteiger partial charge in [0.2, 0.25) is 6.41 Å². The molecule has 0 aliphatic rings. The summed E-state index contributed by atoms with van der Waals surface area (Å²) in [5.41, 5.74) is 0. The van der Waals surface area contributed by atoms with Gasteiger partial charge in [0.1, 0.15) is 0 Å². The molecule has 0 aromatic rings. The van der Waals surface area contributed by atoms with E-state index >= 15 is 0 Å². The van der Waals surface area contributed by atoms with Crippen LogP contribution in [-0.4, -0.2) is 51.3 Å². The highest BCUT2D eigenvalue weighted by Gasteiger charge is 1.93. The number of likely N-dealkylation sites (N-methyl/N-ethyl adjacent to an activating group) is 1. The molecule has 4 nitrogen and oxygen atoms in total. The van der Waals surface area contributed by atoms with Crippen molar-refractivity contribution in [3.8, 4) is 0 Å². The van der Waals surface area contributed by atoms with Crippen LogP contribution in [0.5, 0.6) is 0 Å². The highest BCUT2D eigenvalue weighted by molar-refractivity contribution is 5.46. The number of amides is 1. The van der Waals surface area contributed by atoms with Gasteiger partial charge in [0.15, 0.2) is 0 Å². The second kappa shape index (κ2) is 36.2. The van der Waals surface area contributed by atoms with Crippen LogP contribution < -0.4 is 0 Å². The van der Waals surface area contributed by atoms with Crippen molar-refractivity contribution < 1.29 is 14.3 Å². The van der Waals surface area contributed by atoms with E-state index in [0.29, 0.717) is 26.4 Å². The minimum atomic E-state index is 0.576. The summed E-state index contributed by atoms with van der Waals surface area (Å²) in [7, 11) is 1.73. The summed E-state index contributed by atoms with van der Waals surface area (Å²) in [6.45, 7) is 17.4. The average molecular weight is 293 g/mol. The molecule has 0 unspecified atom stereocenters. The van der Waals surface area contributed by atoms with E-state index in [2.05, 4.69) is 6.92 Å². The van der Waals surface area contributed by atoms with E-state index in [1.807, 2.05) is 41.5 Å². The van der Waals surface area contributed by atoms with Gasteiger partial charge in [-0.05, 0) is 6.42 Å². The maximum absolute atomic E-state index is 10.2. The van der Waals surface area contributed by atoms with Crippen LogP contribution in [0.2, 0.25) is 0 Å². The molecule has 0 N–H and O–H groups in total. The Bertz CT molecular complexity index is 133. The summed E-state index contributed by atoms with van der Waals surface area (Å²) in [6.07, 6.45) is 3.06. The molecule has 4 heteroatoms. The summed E-state index contributed by atoms with van der Waals surface area (Å²) in [4.78, 5) is 11.7. The Hall–Kier alpha value is -0.610. The van der Waals surface area contributed by atoms with Gasteiger partial charge in [-0.2, -0.15) is 0 Å². The summed E-state index contributed by atoms with van der Waals surface area (Å²) < 4.78 is 10.6. The molecule has 0 aliphatic heterocycles. The number of unbranched alkanes of at least 4 members (excludes halogenated alkanes) is 1. The number of ether oxygens (including phenoxy) is 2. The van der Waals surface area contributed by atoms with Gasteiger partial charge in [-0.25, -0.2) is 0 Å². The molecule has 0 rings (SSSR count). The molecule has 0 aromatic heterocycles. The van der Waals surface area contributed by atoms with Crippen molar-refractivity contribution in [2.24, 2.45) is 0 Å². The van der Waals surface area contributed by atoms with Gasteiger partial charge in [0, 0.05) is 20.2 Å². The molecule has 0 atom stereocenters. The second-order valence-electron chi connectivity index (χ2n) is 3.16. The van der Waals surface area contributed by atoms with Crippen LogP contribution in [0.1, 0.15) is 61.3 Å². The summed E-state index contributed by atoms with van der Waals surface area (Å²) >= 11 is 0. The van der Waals surface area contributed by atoms with Crippen LogP contribution in [0.25, 0.3) is 0 Å². The third-order valence-electron chi connectivity index (χ3n) is 1.78. The lowest BCUT2D eigenvalue weighted by molar-refractivity contribution is -0.117. The van der Waals surface area contributed by atoms with E-state index in [4.69, 9.17) is 9.47 Å². The average Bonchev–Trinajstić information content (AvgIpc) is 2.55. The van der Waals surface area contributed by atoms with E-state index in [-0.39, 0.29) is 0 Å². The maximum atomic E-state index is 10.2. The standard InChI is InChI=1S/C10H21NO3.3C2H6/c1-3-4-6-13-8-9-14-7-5-11(2)10-12;3*1-2/h10H,3-9H2,1-2H3;3*1-2H3. The number of rotatable bonds is 10. The van der Waals surface area contributed by atoms with E-state index in [1.54, 1.807) is 11.9 Å². The molecule has 20 heavy (non-hydrogen) atoms. The molecule has 1 amide bonds. The lowest BCUT2D eigenvalue weighted by Crippen LogP contribution is -2.22. The van der Waals surface area contributed by atoms with Gasteiger partial charge in [-0.15, -0.1) is 0 Å². The quantitative estimate of drug-likeness (QED) is 0.451. The van der Waals surface area contributed by atoms with Gasteiger partial charge in [-0.3, -0.25) is 4.79 Å². The Morgan fingerprint density at radius 2 is 1.30 bits per heavy atom. The number of hydrogen-bond donors (Lipinski definition) is 0. The van der Waals surface area contributed by atoms with Gasteiger partial charge in [-0.1, -0.05) is 54.9 Å². The van der Waals surface area contributed by atoms with Crippen LogP contribution >= 0.6 is 0 Å². The number of carbonyl (C=O) groups is 1. The van der Waals surface area contributed by atoms with E-state index < -0.39 is 0 Å². The molecular formula is C16H39NO3. The molecule has 0 saturated carbocycles. The summed E-state index contributed by atoms with van der Waals surface area (Å²) in [5, 5.41) is 0. The Labute approximate surface area is 127 Å². The lowest BCUT2D eigenvalue weighted by atomic mass is 10.4. The van der Waals surface area contributed by atoms with Crippen molar-refractivity contribution in [2.75, 3.05) is 40.0 Å². The van der Waals surface area contributed by atoms with Gasteiger partial charge < -0.3 is 14.4 Å². The Morgan fingerprint density at radius 3 is 1.70 bits per heavy atom. The molecule has 0 aliphatic carbocycles. The van der Waals surface area contributed by atoms with Crippen molar-refractivity contribution in [1.29, 1.82) is 0 Å². The predicted octanol–water partition coefficient (Wildman–Crippen LogP) is 3.99. The topological polar surface area (TPSA) is 38.8 Å². The van der Waals surface area contributed by atoms with E-state index in [9.17, 15) is 4.79 Å². The molecule has 0 spiro atoms. The van der Waals surface area contributed by atoms with Gasteiger partial charge >= 0.3 is 0 Å².